The number of fused-ring (bicyclic) bond motifs is 1. The predicted octanol–water partition coefficient (Wildman–Crippen LogP) is 1.93. The Morgan fingerprint density at radius 1 is 1.14 bits per heavy atom. The van der Waals surface area contributed by atoms with Gasteiger partial charge in [-0.2, -0.15) is 0 Å². The van der Waals surface area contributed by atoms with Gasteiger partial charge >= 0.3 is 5.97 Å². The van der Waals surface area contributed by atoms with Crippen LogP contribution in [0.2, 0.25) is 0 Å². The highest BCUT2D eigenvalue weighted by molar-refractivity contribution is 6.00. The van der Waals surface area contributed by atoms with Gasteiger partial charge in [0.1, 0.15) is 0 Å². The molecule has 6 heteroatoms. The molecular formula is C15H15N3O3. The van der Waals surface area contributed by atoms with Crippen LogP contribution in [-0.2, 0) is 9.59 Å². The molecule has 2 N–H and O–H groups in total. The molecule has 1 fully saturated rings. The number of carbonyl (C=O) groups is 2. The molecule has 3 rings (SSSR count). The molecule has 1 saturated carbocycles. The Morgan fingerprint density at radius 3 is 2.43 bits per heavy atom. The molecule has 1 aromatic heterocycles. The lowest BCUT2D eigenvalue weighted by molar-refractivity contribution is -0.140. The zero-order valence-electron chi connectivity index (χ0n) is 11.7. The largest absolute Gasteiger partial charge is 0.481 e. The van der Waals surface area contributed by atoms with Crippen LogP contribution in [0.3, 0.4) is 0 Å². The van der Waals surface area contributed by atoms with Crippen LogP contribution in [0, 0.1) is 17.3 Å². The van der Waals surface area contributed by atoms with Gasteiger partial charge in [0.2, 0.25) is 5.91 Å². The standard InChI is InChI=1S/C15H15N3O3/c1-15(2)11(12(15)14(20)21)13(19)18-8-3-4-9-10(7-8)17-6-5-16-9/h3-7,11-12H,1-2H3,(H,18,19)(H,20,21)/t11-,12-/m0/s1. The predicted molar refractivity (Wildman–Crippen MR) is 76.6 cm³/mol. The average Bonchev–Trinajstić information content (AvgIpc) is 3.02. The Labute approximate surface area is 121 Å². The Bertz CT molecular complexity index is 742. The van der Waals surface area contributed by atoms with Crippen LogP contribution in [0.25, 0.3) is 11.0 Å². The number of rotatable bonds is 3. The molecule has 1 aromatic carbocycles. The number of anilines is 1. The quantitative estimate of drug-likeness (QED) is 0.899. The molecule has 0 saturated heterocycles. The summed E-state index contributed by atoms with van der Waals surface area (Å²) in [6.07, 6.45) is 3.18. The maximum Gasteiger partial charge on any atom is 0.307 e. The van der Waals surface area contributed by atoms with Crippen molar-refractivity contribution in [3.8, 4) is 0 Å². The molecular weight excluding hydrogens is 270 g/mol. The number of benzene rings is 1. The molecule has 1 heterocycles. The highest BCUT2D eigenvalue weighted by Crippen LogP contribution is 2.58. The number of carbonyl (C=O) groups excluding carboxylic acids is 1. The van der Waals surface area contributed by atoms with Gasteiger partial charge in [-0.3, -0.25) is 19.6 Å². The van der Waals surface area contributed by atoms with Crippen molar-refractivity contribution in [2.75, 3.05) is 5.32 Å². The number of aromatic nitrogens is 2. The molecule has 0 aliphatic heterocycles. The second kappa shape index (κ2) is 4.51. The summed E-state index contributed by atoms with van der Waals surface area (Å²) in [6.45, 7) is 3.59. The van der Waals surface area contributed by atoms with Crippen LogP contribution >= 0.6 is 0 Å². The minimum Gasteiger partial charge on any atom is -0.481 e. The molecule has 0 spiro atoms. The first-order valence-corrected chi connectivity index (χ1v) is 6.65. The van der Waals surface area contributed by atoms with E-state index in [1.54, 1.807) is 44.4 Å². The van der Waals surface area contributed by atoms with Crippen LogP contribution in [0.5, 0.6) is 0 Å². The summed E-state index contributed by atoms with van der Waals surface area (Å²) in [5, 5.41) is 11.9. The molecule has 0 radical (unpaired) electrons. The van der Waals surface area contributed by atoms with Crippen molar-refractivity contribution < 1.29 is 14.7 Å². The minimum absolute atomic E-state index is 0.268. The molecule has 108 valence electrons. The van der Waals surface area contributed by atoms with Crippen molar-refractivity contribution in [3.63, 3.8) is 0 Å². The third kappa shape index (κ3) is 2.22. The summed E-state index contributed by atoms with van der Waals surface area (Å²) in [6, 6.07) is 5.23. The monoisotopic (exact) mass is 285 g/mol. The van der Waals surface area contributed by atoms with Crippen LogP contribution < -0.4 is 5.32 Å². The highest BCUT2D eigenvalue weighted by Gasteiger charge is 2.65. The summed E-state index contributed by atoms with van der Waals surface area (Å²) < 4.78 is 0. The fourth-order valence-corrected chi connectivity index (χ4v) is 2.85. The van der Waals surface area contributed by atoms with Gasteiger partial charge in [-0.1, -0.05) is 13.8 Å². The summed E-state index contributed by atoms with van der Waals surface area (Å²) in [5.41, 5.74) is 1.51. The van der Waals surface area contributed by atoms with E-state index < -0.39 is 23.2 Å². The Morgan fingerprint density at radius 2 is 1.81 bits per heavy atom. The van der Waals surface area contributed by atoms with Gasteiger partial charge in [0.15, 0.2) is 0 Å². The van der Waals surface area contributed by atoms with E-state index in [0.717, 1.165) is 5.52 Å². The highest BCUT2D eigenvalue weighted by atomic mass is 16.4. The molecule has 2 atom stereocenters. The molecule has 1 amide bonds. The van der Waals surface area contributed by atoms with E-state index in [0.29, 0.717) is 11.2 Å². The van der Waals surface area contributed by atoms with Gasteiger partial charge in [-0.05, 0) is 23.6 Å². The Kier molecular flexibility index (Phi) is 2.90. The van der Waals surface area contributed by atoms with E-state index in [9.17, 15) is 9.59 Å². The number of amides is 1. The number of aliphatic carboxylic acids is 1. The molecule has 0 bridgehead atoms. The second-order valence-electron chi connectivity index (χ2n) is 5.86. The van der Waals surface area contributed by atoms with E-state index >= 15 is 0 Å². The minimum atomic E-state index is -0.926. The zero-order chi connectivity index (χ0) is 15.2. The number of hydrogen-bond donors (Lipinski definition) is 2. The van der Waals surface area contributed by atoms with Gasteiger partial charge < -0.3 is 10.4 Å². The van der Waals surface area contributed by atoms with E-state index in [2.05, 4.69) is 15.3 Å². The van der Waals surface area contributed by atoms with Crippen molar-refractivity contribution >= 4 is 28.6 Å². The van der Waals surface area contributed by atoms with Crippen LogP contribution in [0.4, 0.5) is 5.69 Å². The van der Waals surface area contributed by atoms with Crippen molar-refractivity contribution in [1.82, 2.24) is 9.97 Å². The molecule has 6 nitrogen and oxygen atoms in total. The fourth-order valence-electron chi connectivity index (χ4n) is 2.85. The van der Waals surface area contributed by atoms with Gasteiger partial charge in [-0.15, -0.1) is 0 Å². The van der Waals surface area contributed by atoms with E-state index in [-0.39, 0.29) is 5.91 Å². The maximum absolute atomic E-state index is 12.2. The third-order valence-electron chi connectivity index (χ3n) is 4.11. The third-order valence-corrected chi connectivity index (χ3v) is 4.11. The van der Waals surface area contributed by atoms with Crippen molar-refractivity contribution in [2.24, 2.45) is 17.3 Å². The maximum atomic E-state index is 12.2. The molecule has 2 aromatic rings. The lowest BCUT2D eigenvalue weighted by Crippen LogP contribution is -2.17. The molecule has 1 aliphatic rings. The Hall–Kier alpha value is -2.50. The van der Waals surface area contributed by atoms with Crippen LogP contribution in [0.1, 0.15) is 13.8 Å². The van der Waals surface area contributed by atoms with Gasteiger partial charge in [-0.25, -0.2) is 0 Å². The normalized spacial score (nSPS) is 22.8. The topological polar surface area (TPSA) is 92.2 Å². The average molecular weight is 285 g/mol. The van der Waals surface area contributed by atoms with Crippen LogP contribution in [-0.4, -0.2) is 27.0 Å². The SMILES string of the molecule is CC1(C)[C@H](C(=O)O)[C@H]1C(=O)Nc1ccc2nccnc2c1. The van der Waals surface area contributed by atoms with Crippen molar-refractivity contribution in [2.45, 2.75) is 13.8 Å². The zero-order valence-corrected chi connectivity index (χ0v) is 11.7. The Balaban J connectivity index is 1.80. The first kappa shape index (κ1) is 13.5. The summed E-state index contributed by atoms with van der Waals surface area (Å²) in [4.78, 5) is 31.7. The number of carboxylic acids is 1. The summed E-state index contributed by atoms with van der Waals surface area (Å²) in [7, 11) is 0. The van der Waals surface area contributed by atoms with Gasteiger partial charge in [0.25, 0.3) is 0 Å². The lowest BCUT2D eigenvalue weighted by Gasteiger charge is -2.06. The van der Waals surface area contributed by atoms with E-state index in [1.165, 1.54) is 0 Å². The number of nitrogens with zero attached hydrogens (tertiary/aromatic N) is 2. The summed E-state index contributed by atoms with van der Waals surface area (Å²) in [5.74, 6) is -2.33. The summed E-state index contributed by atoms with van der Waals surface area (Å²) >= 11 is 0. The number of hydrogen-bond acceptors (Lipinski definition) is 4. The number of carboxylic acid groups (broad SMARTS) is 1. The molecule has 1 aliphatic carbocycles. The van der Waals surface area contributed by atoms with Crippen molar-refractivity contribution in [3.05, 3.63) is 30.6 Å². The van der Waals surface area contributed by atoms with E-state index in [4.69, 9.17) is 5.11 Å². The fraction of sp³-hybridized carbons (Fsp3) is 0.333. The smallest absolute Gasteiger partial charge is 0.307 e. The van der Waals surface area contributed by atoms with Gasteiger partial charge in [0, 0.05) is 18.1 Å². The number of nitrogens with one attached hydrogen (secondary N) is 1. The molecule has 0 unspecified atom stereocenters. The molecule has 21 heavy (non-hydrogen) atoms. The first-order chi connectivity index (χ1) is 9.91. The van der Waals surface area contributed by atoms with E-state index in [1.807, 2.05) is 0 Å². The van der Waals surface area contributed by atoms with Gasteiger partial charge in [0.05, 0.1) is 22.9 Å². The second-order valence-corrected chi connectivity index (χ2v) is 5.86. The lowest BCUT2D eigenvalue weighted by atomic mass is 10.1. The van der Waals surface area contributed by atoms with Crippen LogP contribution in [0.15, 0.2) is 30.6 Å². The van der Waals surface area contributed by atoms with Crippen molar-refractivity contribution in [1.29, 1.82) is 0 Å². The first-order valence-electron chi connectivity index (χ1n) is 6.65.